The lowest BCUT2D eigenvalue weighted by Gasteiger charge is -2.18. The number of hydrogen-bond acceptors (Lipinski definition) is 4. The van der Waals surface area contributed by atoms with Gasteiger partial charge in [-0.15, -0.1) is 0 Å². The summed E-state index contributed by atoms with van der Waals surface area (Å²) in [6, 6.07) is 16.4. The van der Waals surface area contributed by atoms with E-state index in [0.29, 0.717) is 19.7 Å². The van der Waals surface area contributed by atoms with Gasteiger partial charge >= 0.3 is 0 Å². The number of hydrogen-bond donors (Lipinski definition) is 3. The summed E-state index contributed by atoms with van der Waals surface area (Å²) in [4.78, 5) is 4.68. The molecule has 0 aromatic heterocycles. The van der Waals surface area contributed by atoms with Crippen LogP contribution in [0.25, 0.3) is 0 Å². The third-order valence-corrected chi connectivity index (χ3v) is 4.33. The van der Waals surface area contributed by atoms with Crippen molar-refractivity contribution in [1.29, 1.82) is 0 Å². The molecule has 0 amide bonds. The summed E-state index contributed by atoms with van der Waals surface area (Å²) >= 11 is 0. The van der Waals surface area contributed by atoms with Crippen molar-refractivity contribution in [1.82, 2.24) is 10.6 Å². The predicted octanol–water partition coefficient (Wildman–Crippen LogP) is 3.58. The predicted molar refractivity (Wildman–Crippen MR) is 121 cm³/mol. The zero-order chi connectivity index (χ0) is 20.9. The zero-order valence-electron chi connectivity index (χ0n) is 18.0. The molecule has 0 bridgehead atoms. The normalized spacial score (nSPS) is 12.3. The van der Waals surface area contributed by atoms with E-state index in [1.54, 1.807) is 7.11 Å². The van der Waals surface area contributed by atoms with Gasteiger partial charge in [-0.25, -0.2) is 4.99 Å². The van der Waals surface area contributed by atoms with Gasteiger partial charge in [-0.2, -0.15) is 0 Å². The lowest BCUT2D eigenvalue weighted by atomic mass is 10.2. The molecule has 1 unspecified atom stereocenters. The second-order valence-corrected chi connectivity index (χ2v) is 6.89. The summed E-state index contributed by atoms with van der Waals surface area (Å²) in [5, 5.41) is 9.97. The first kappa shape index (κ1) is 22.6. The second kappa shape index (κ2) is 12.7. The molecule has 0 saturated heterocycles. The van der Waals surface area contributed by atoms with E-state index in [1.165, 1.54) is 0 Å². The van der Waals surface area contributed by atoms with E-state index >= 15 is 0 Å². The Hall–Kier alpha value is -2.73. The van der Waals surface area contributed by atoms with Crippen LogP contribution in [0.15, 0.2) is 53.5 Å². The number of aliphatic imine (C=N–C) groups is 1. The minimum atomic E-state index is 0.0254. The number of guanidine groups is 1. The van der Waals surface area contributed by atoms with Crippen molar-refractivity contribution in [2.24, 2.45) is 4.99 Å². The topological polar surface area (TPSA) is 66.9 Å². The molecule has 0 aliphatic heterocycles. The molecule has 158 valence electrons. The smallest absolute Gasteiger partial charge is 0.191 e. The summed E-state index contributed by atoms with van der Waals surface area (Å²) in [7, 11) is 1.70. The number of nitrogens with one attached hydrogen (secondary N) is 3. The largest absolute Gasteiger partial charge is 0.489 e. The fraction of sp³-hybridized carbons (Fsp3) is 0.435. The number of methoxy groups -OCH3 is 1. The molecule has 3 N–H and O–H groups in total. The van der Waals surface area contributed by atoms with Gasteiger partial charge in [0.15, 0.2) is 5.96 Å². The van der Waals surface area contributed by atoms with Gasteiger partial charge in [0.25, 0.3) is 0 Å². The molecule has 29 heavy (non-hydrogen) atoms. The molecule has 0 heterocycles. The first-order valence-electron chi connectivity index (χ1n) is 10.2. The number of nitrogens with zero attached hydrogens (tertiary/aromatic N) is 1. The lowest BCUT2D eigenvalue weighted by Crippen LogP contribution is -2.41. The molecule has 6 heteroatoms. The Kier molecular flexibility index (Phi) is 9.86. The molecule has 2 aromatic rings. The molecule has 0 aliphatic carbocycles. The Balaban J connectivity index is 1.84. The van der Waals surface area contributed by atoms with Gasteiger partial charge in [0.1, 0.15) is 11.9 Å². The average Bonchev–Trinajstić information content (AvgIpc) is 2.73. The Morgan fingerprint density at radius 1 is 1.07 bits per heavy atom. The van der Waals surface area contributed by atoms with Crippen molar-refractivity contribution in [3.05, 3.63) is 59.7 Å². The van der Waals surface area contributed by atoms with E-state index in [4.69, 9.17) is 9.47 Å². The summed E-state index contributed by atoms with van der Waals surface area (Å²) in [6.45, 7) is 9.74. The molecule has 1 atom stereocenters. The molecule has 0 saturated carbocycles. The molecule has 0 radical (unpaired) electrons. The van der Waals surface area contributed by atoms with Crippen LogP contribution in [0.1, 0.15) is 25.0 Å². The van der Waals surface area contributed by atoms with Crippen LogP contribution in [0.4, 0.5) is 5.69 Å². The highest BCUT2D eigenvalue weighted by Crippen LogP contribution is 2.17. The van der Waals surface area contributed by atoms with Crippen LogP contribution in [0.5, 0.6) is 5.75 Å². The number of ether oxygens (including phenoxy) is 2. The van der Waals surface area contributed by atoms with Gasteiger partial charge in [0.05, 0.1) is 19.7 Å². The molecule has 0 aliphatic rings. The maximum absolute atomic E-state index is 6.03. The van der Waals surface area contributed by atoms with Crippen LogP contribution in [-0.2, 0) is 11.3 Å². The Bertz CT molecular complexity index is 747. The van der Waals surface area contributed by atoms with Gasteiger partial charge in [-0.1, -0.05) is 30.3 Å². The van der Waals surface area contributed by atoms with Crippen LogP contribution >= 0.6 is 0 Å². The number of para-hydroxylation sites is 1. The van der Waals surface area contributed by atoms with Crippen molar-refractivity contribution in [2.45, 2.75) is 33.4 Å². The van der Waals surface area contributed by atoms with Crippen LogP contribution in [0.3, 0.4) is 0 Å². The maximum Gasteiger partial charge on any atom is 0.191 e. The molecule has 0 fully saturated rings. The number of benzene rings is 2. The van der Waals surface area contributed by atoms with E-state index in [-0.39, 0.29) is 6.10 Å². The molecular formula is C23H34N4O2. The van der Waals surface area contributed by atoms with E-state index < -0.39 is 0 Å². The highest BCUT2D eigenvalue weighted by Gasteiger charge is 2.07. The highest BCUT2D eigenvalue weighted by molar-refractivity contribution is 5.79. The molecular weight excluding hydrogens is 364 g/mol. The summed E-state index contributed by atoms with van der Waals surface area (Å²) in [5.41, 5.74) is 3.38. The van der Waals surface area contributed by atoms with Gasteiger partial charge in [-0.05, 0) is 50.1 Å². The number of anilines is 1. The molecule has 2 aromatic carbocycles. The van der Waals surface area contributed by atoms with Gasteiger partial charge in [-0.3, -0.25) is 0 Å². The van der Waals surface area contributed by atoms with Crippen LogP contribution in [0, 0.1) is 6.92 Å². The van der Waals surface area contributed by atoms with Gasteiger partial charge in [0.2, 0.25) is 0 Å². The molecule has 6 nitrogen and oxygen atoms in total. The van der Waals surface area contributed by atoms with Crippen molar-refractivity contribution >= 4 is 11.6 Å². The maximum atomic E-state index is 6.03. The fourth-order valence-electron chi connectivity index (χ4n) is 2.72. The fourth-order valence-corrected chi connectivity index (χ4v) is 2.72. The minimum absolute atomic E-state index is 0.0254. The number of aryl methyl sites for hydroxylation is 1. The van der Waals surface area contributed by atoms with Crippen molar-refractivity contribution < 1.29 is 9.47 Å². The Morgan fingerprint density at radius 2 is 1.83 bits per heavy atom. The van der Waals surface area contributed by atoms with E-state index in [9.17, 15) is 0 Å². The third-order valence-electron chi connectivity index (χ3n) is 4.33. The quantitative estimate of drug-likeness (QED) is 0.307. The first-order chi connectivity index (χ1) is 14.1. The van der Waals surface area contributed by atoms with Crippen molar-refractivity contribution in [3.63, 3.8) is 0 Å². The van der Waals surface area contributed by atoms with Crippen LogP contribution in [0.2, 0.25) is 0 Å². The van der Waals surface area contributed by atoms with Crippen LogP contribution in [-0.4, -0.2) is 45.4 Å². The van der Waals surface area contributed by atoms with Crippen molar-refractivity contribution in [2.75, 3.05) is 38.7 Å². The van der Waals surface area contributed by atoms with Crippen LogP contribution < -0.4 is 20.7 Å². The summed E-state index contributed by atoms with van der Waals surface area (Å²) < 4.78 is 11.1. The second-order valence-electron chi connectivity index (χ2n) is 6.89. The zero-order valence-corrected chi connectivity index (χ0v) is 18.0. The lowest BCUT2D eigenvalue weighted by molar-refractivity contribution is 0.211. The summed E-state index contributed by atoms with van der Waals surface area (Å²) in [5.74, 6) is 1.71. The van der Waals surface area contributed by atoms with E-state index in [0.717, 1.165) is 41.6 Å². The average molecular weight is 399 g/mol. The first-order valence-corrected chi connectivity index (χ1v) is 10.2. The molecule has 2 rings (SSSR count). The van der Waals surface area contributed by atoms with E-state index in [2.05, 4.69) is 72.0 Å². The van der Waals surface area contributed by atoms with Crippen molar-refractivity contribution in [3.8, 4) is 5.75 Å². The Morgan fingerprint density at radius 3 is 2.52 bits per heavy atom. The number of rotatable bonds is 11. The monoisotopic (exact) mass is 398 g/mol. The van der Waals surface area contributed by atoms with Gasteiger partial charge in [0, 0.05) is 25.9 Å². The van der Waals surface area contributed by atoms with E-state index in [1.807, 2.05) is 18.2 Å². The standard InChI is InChI=1S/C23H34N4O2/c1-5-24-23(26-16-19(3)29-22-9-7-6-8-18(22)2)27-17-20-10-12-21(13-11-20)25-14-15-28-4/h6-13,19,25H,5,14-17H2,1-4H3,(H2,24,26,27). The minimum Gasteiger partial charge on any atom is -0.489 e. The van der Waals surface area contributed by atoms with Gasteiger partial charge < -0.3 is 25.4 Å². The molecule has 0 spiro atoms. The SMILES string of the molecule is CCNC(=NCc1ccc(NCCOC)cc1)NCC(C)Oc1ccccc1C. The third kappa shape index (κ3) is 8.44. The highest BCUT2D eigenvalue weighted by atomic mass is 16.5. The summed E-state index contributed by atoms with van der Waals surface area (Å²) in [6.07, 6.45) is 0.0254. The Labute approximate surface area is 174 Å².